The van der Waals surface area contributed by atoms with Crippen LogP contribution in [0.1, 0.15) is 37.3 Å². The standard InChI is InChI=1S/C14H19FN2S/c15-9-1-4-14-12(7-9)13(5-6-18-14)17-11-3-2-10(16)8-11/h1,4,7,10-11,13,17H,2-3,5-6,8,16H2. The molecule has 3 unspecified atom stereocenters. The summed E-state index contributed by atoms with van der Waals surface area (Å²) in [5.41, 5.74) is 7.08. The average Bonchev–Trinajstić information content (AvgIpc) is 2.76. The molecule has 2 aliphatic rings. The number of hydrogen-bond donors (Lipinski definition) is 2. The van der Waals surface area contributed by atoms with E-state index in [1.165, 1.54) is 4.90 Å². The number of benzene rings is 1. The number of fused-ring (bicyclic) bond motifs is 1. The summed E-state index contributed by atoms with van der Waals surface area (Å²) in [7, 11) is 0. The SMILES string of the molecule is NC1CCC(NC2CCSc3ccc(F)cc32)C1. The van der Waals surface area contributed by atoms with Gasteiger partial charge in [0.2, 0.25) is 0 Å². The van der Waals surface area contributed by atoms with Crippen molar-refractivity contribution in [2.24, 2.45) is 5.73 Å². The Morgan fingerprint density at radius 2 is 2.17 bits per heavy atom. The summed E-state index contributed by atoms with van der Waals surface area (Å²) in [4.78, 5) is 1.22. The highest BCUT2D eigenvalue weighted by Gasteiger charge is 2.27. The molecule has 3 N–H and O–H groups in total. The van der Waals surface area contributed by atoms with Gasteiger partial charge in [-0.15, -0.1) is 11.8 Å². The molecule has 4 heteroatoms. The Bertz CT molecular complexity index is 438. The average molecular weight is 266 g/mol. The van der Waals surface area contributed by atoms with Gasteiger partial charge >= 0.3 is 0 Å². The fourth-order valence-corrected chi connectivity index (χ4v) is 4.10. The van der Waals surface area contributed by atoms with Crippen molar-refractivity contribution in [1.29, 1.82) is 0 Å². The van der Waals surface area contributed by atoms with E-state index in [0.717, 1.165) is 37.0 Å². The fraction of sp³-hybridized carbons (Fsp3) is 0.571. The molecule has 0 spiro atoms. The molecule has 1 fully saturated rings. The van der Waals surface area contributed by atoms with Crippen LogP contribution in [0.4, 0.5) is 4.39 Å². The van der Waals surface area contributed by atoms with Gasteiger partial charge in [0.05, 0.1) is 0 Å². The van der Waals surface area contributed by atoms with Crippen molar-refractivity contribution in [3.8, 4) is 0 Å². The van der Waals surface area contributed by atoms with Crippen molar-refractivity contribution in [1.82, 2.24) is 5.32 Å². The minimum atomic E-state index is -0.133. The summed E-state index contributed by atoms with van der Waals surface area (Å²) in [6.45, 7) is 0. The van der Waals surface area contributed by atoms with Crippen LogP contribution >= 0.6 is 11.8 Å². The van der Waals surface area contributed by atoms with Crippen LogP contribution in [-0.2, 0) is 0 Å². The summed E-state index contributed by atoms with van der Waals surface area (Å²) in [6.07, 6.45) is 4.38. The van der Waals surface area contributed by atoms with Gasteiger partial charge in [-0.3, -0.25) is 0 Å². The van der Waals surface area contributed by atoms with E-state index in [0.29, 0.717) is 18.1 Å². The van der Waals surface area contributed by atoms with Gasteiger partial charge in [-0.25, -0.2) is 4.39 Å². The van der Waals surface area contributed by atoms with E-state index < -0.39 is 0 Å². The van der Waals surface area contributed by atoms with Crippen molar-refractivity contribution in [3.63, 3.8) is 0 Å². The minimum absolute atomic E-state index is 0.133. The third-order valence-electron chi connectivity index (χ3n) is 3.92. The highest BCUT2D eigenvalue weighted by atomic mass is 32.2. The first-order chi connectivity index (χ1) is 8.72. The van der Waals surface area contributed by atoms with E-state index in [4.69, 9.17) is 5.73 Å². The molecule has 1 saturated carbocycles. The summed E-state index contributed by atoms with van der Waals surface area (Å²) in [5, 5.41) is 3.67. The van der Waals surface area contributed by atoms with Gasteiger partial charge in [-0.1, -0.05) is 0 Å². The fourth-order valence-electron chi connectivity index (χ4n) is 2.99. The first-order valence-electron chi connectivity index (χ1n) is 6.66. The van der Waals surface area contributed by atoms with Gasteiger partial charge in [0.15, 0.2) is 0 Å². The molecule has 1 heterocycles. The Morgan fingerprint density at radius 1 is 1.28 bits per heavy atom. The molecule has 0 amide bonds. The number of nitrogens with one attached hydrogen (secondary N) is 1. The summed E-state index contributed by atoms with van der Waals surface area (Å²) in [6, 6.07) is 6.29. The molecule has 1 aromatic rings. The highest BCUT2D eigenvalue weighted by molar-refractivity contribution is 7.99. The van der Waals surface area contributed by atoms with Gasteiger partial charge < -0.3 is 11.1 Å². The molecule has 0 bridgehead atoms. The molecule has 98 valence electrons. The number of thioether (sulfide) groups is 1. The third kappa shape index (κ3) is 2.56. The van der Waals surface area contributed by atoms with Crippen molar-refractivity contribution in [2.75, 3.05) is 5.75 Å². The Balaban J connectivity index is 1.76. The zero-order chi connectivity index (χ0) is 12.5. The summed E-state index contributed by atoms with van der Waals surface area (Å²) >= 11 is 1.83. The Kier molecular flexibility index (Phi) is 3.59. The predicted octanol–water partition coefficient (Wildman–Crippen LogP) is 2.83. The van der Waals surface area contributed by atoms with E-state index >= 15 is 0 Å². The molecule has 1 aromatic carbocycles. The zero-order valence-electron chi connectivity index (χ0n) is 10.4. The highest BCUT2D eigenvalue weighted by Crippen LogP contribution is 2.37. The second kappa shape index (κ2) is 5.19. The van der Waals surface area contributed by atoms with Gasteiger partial charge in [-0.2, -0.15) is 0 Å². The number of hydrogen-bond acceptors (Lipinski definition) is 3. The van der Waals surface area contributed by atoms with Crippen molar-refractivity contribution < 1.29 is 4.39 Å². The minimum Gasteiger partial charge on any atom is -0.328 e. The molecule has 1 aliphatic carbocycles. The maximum Gasteiger partial charge on any atom is 0.123 e. The maximum atomic E-state index is 13.4. The van der Waals surface area contributed by atoms with E-state index in [9.17, 15) is 4.39 Å². The lowest BCUT2D eigenvalue weighted by atomic mass is 10.0. The van der Waals surface area contributed by atoms with Crippen LogP contribution in [-0.4, -0.2) is 17.8 Å². The van der Waals surface area contributed by atoms with Crippen LogP contribution in [0.3, 0.4) is 0 Å². The summed E-state index contributed by atoms with van der Waals surface area (Å²) < 4.78 is 13.4. The molecule has 0 aromatic heterocycles. The van der Waals surface area contributed by atoms with Crippen LogP contribution in [0.15, 0.2) is 23.1 Å². The smallest absolute Gasteiger partial charge is 0.123 e. The van der Waals surface area contributed by atoms with Crippen molar-refractivity contribution >= 4 is 11.8 Å². The van der Waals surface area contributed by atoms with E-state index in [1.54, 1.807) is 12.1 Å². The third-order valence-corrected chi connectivity index (χ3v) is 5.04. The Morgan fingerprint density at radius 3 is 2.94 bits per heavy atom. The molecule has 3 rings (SSSR count). The van der Waals surface area contributed by atoms with Gasteiger partial charge in [0.1, 0.15) is 5.82 Å². The molecule has 0 saturated heterocycles. The largest absolute Gasteiger partial charge is 0.328 e. The molecule has 1 aliphatic heterocycles. The van der Waals surface area contributed by atoms with Gasteiger partial charge in [0.25, 0.3) is 0 Å². The van der Waals surface area contributed by atoms with Crippen LogP contribution in [0.25, 0.3) is 0 Å². The number of rotatable bonds is 2. The maximum absolute atomic E-state index is 13.4. The molecular formula is C14H19FN2S. The quantitative estimate of drug-likeness (QED) is 0.864. The van der Waals surface area contributed by atoms with Gasteiger partial charge in [0, 0.05) is 23.0 Å². The van der Waals surface area contributed by atoms with Crippen molar-refractivity contribution in [3.05, 3.63) is 29.6 Å². The lowest BCUT2D eigenvalue weighted by molar-refractivity contribution is 0.420. The van der Waals surface area contributed by atoms with Crippen molar-refractivity contribution in [2.45, 2.75) is 48.7 Å². The summed E-state index contributed by atoms with van der Waals surface area (Å²) in [5.74, 6) is 0.973. The van der Waals surface area contributed by atoms with Crippen LogP contribution < -0.4 is 11.1 Å². The lowest BCUT2D eigenvalue weighted by Gasteiger charge is -2.28. The van der Waals surface area contributed by atoms with E-state index in [2.05, 4.69) is 5.32 Å². The number of halogens is 1. The molecule has 18 heavy (non-hydrogen) atoms. The number of nitrogens with two attached hydrogens (primary N) is 1. The molecule has 3 atom stereocenters. The van der Waals surface area contributed by atoms with E-state index in [-0.39, 0.29) is 5.82 Å². The van der Waals surface area contributed by atoms with Crippen LogP contribution in [0, 0.1) is 5.82 Å². The molecule has 2 nitrogen and oxygen atoms in total. The van der Waals surface area contributed by atoms with Crippen LogP contribution in [0.5, 0.6) is 0 Å². The normalized spacial score (nSPS) is 31.3. The molecule has 0 radical (unpaired) electrons. The predicted molar refractivity (Wildman–Crippen MR) is 73.2 cm³/mol. The topological polar surface area (TPSA) is 38.0 Å². The monoisotopic (exact) mass is 266 g/mol. The first kappa shape index (κ1) is 12.5. The lowest BCUT2D eigenvalue weighted by Crippen LogP contribution is -2.33. The molecular weight excluding hydrogens is 247 g/mol. The second-order valence-corrected chi connectivity index (χ2v) is 6.45. The Labute approximate surface area is 112 Å². The van der Waals surface area contributed by atoms with Gasteiger partial charge in [-0.05, 0) is 55.2 Å². The Hall–Kier alpha value is -0.580. The van der Waals surface area contributed by atoms with Crippen LogP contribution in [0.2, 0.25) is 0 Å². The van der Waals surface area contributed by atoms with E-state index in [1.807, 2.05) is 17.8 Å². The second-order valence-electron chi connectivity index (χ2n) is 5.31. The first-order valence-corrected chi connectivity index (χ1v) is 7.65. The zero-order valence-corrected chi connectivity index (χ0v) is 11.2.